The zero-order valence-corrected chi connectivity index (χ0v) is 16.4. The van der Waals surface area contributed by atoms with Crippen molar-refractivity contribution in [3.05, 3.63) is 82.8 Å². The minimum Gasteiger partial charge on any atom is -0.465 e. The number of benzene rings is 2. The second-order valence-electron chi connectivity index (χ2n) is 7.11. The van der Waals surface area contributed by atoms with E-state index in [2.05, 4.69) is 0 Å². The van der Waals surface area contributed by atoms with Crippen molar-refractivity contribution < 1.29 is 19.7 Å². The maximum Gasteiger partial charge on any atom is 0.344 e. The molecule has 0 aliphatic carbocycles. The molecule has 0 aromatic heterocycles. The Morgan fingerprint density at radius 1 is 0.926 bits per heavy atom. The topological polar surface area (TPSA) is 66.8 Å². The first-order valence-electron chi connectivity index (χ1n) is 8.81. The van der Waals surface area contributed by atoms with Gasteiger partial charge in [0.2, 0.25) is 0 Å². The zero-order valence-electron chi connectivity index (χ0n) is 15.6. The summed E-state index contributed by atoms with van der Waals surface area (Å²) < 4.78 is 4.88. The lowest BCUT2D eigenvalue weighted by Crippen LogP contribution is -2.45. The van der Waals surface area contributed by atoms with Gasteiger partial charge in [-0.05, 0) is 25.0 Å². The van der Waals surface area contributed by atoms with Crippen LogP contribution in [0.5, 0.6) is 0 Å². The summed E-state index contributed by atoms with van der Waals surface area (Å²) in [6.07, 6.45) is 1.73. The molecule has 1 aliphatic heterocycles. The Bertz CT molecular complexity index is 828. The molecule has 2 aromatic rings. The molecule has 0 spiro atoms. The van der Waals surface area contributed by atoms with Crippen molar-refractivity contribution in [2.45, 2.75) is 30.3 Å². The molecule has 2 unspecified atom stereocenters. The predicted molar refractivity (Wildman–Crippen MR) is 107 cm³/mol. The van der Waals surface area contributed by atoms with Crippen LogP contribution in [-0.4, -0.2) is 28.5 Å². The van der Waals surface area contributed by atoms with Crippen molar-refractivity contribution in [1.29, 1.82) is 0 Å². The summed E-state index contributed by atoms with van der Waals surface area (Å²) in [7, 11) is 1.33. The molecule has 27 heavy (non-hydrogen) atoms. The number of aliphatic hydroxyl groups is 2. The number of carbonyl (C=O) groups excluding carboxylic acids is 1. The third-order valence-electron chi connectivity index (χ3n) is 5.22. The van der Waals surface area contributed by atoms with Gasteiger partial charge in [-0.1, -0.05) is 66.7 Å². The number of hydrogen-bond acceptors (Lipinski definition) is 5. The molecule has 4 nitrogen and oxygen atoms in total. The van der Waals surface area contributed by atoms with Crippen LogP contribution < -0.4 is 0 Å². The molecule has 0 bridgehead atoms. The van der Waals surface area contributed by atoms with Crippen molar-refractivity contribution >= 4 is 17.7 Å². The highest BCUT2D eigenvalue weighted by Crippen LogP contribution is 2.52. The average Bonchev–Trinajstić information content (AvgIpc) is 3.16. The van der Waals surface area contributed by atoms with Crippen molar-refractivity contribution in [3.8, 4) is 0 Å². The molecule has 4 atom stereocenters. The van der Waals surface area contributed by atoms with E-state index in [-0.39, 0.29) is 0 Å². The lowest BCUT2D eigenvalue weighted by Gasteiger charge is -2.40. The summed E-state index contributed by atoms with van der Waals surface area (Å²) in [6, 6.07) is 18.6. The third kappa shape index (κ3) is 3.68. The van der Waals surface area contributed by atoms with Crippen molar-refractivity contribution in [3.63, 3.8) is 0 Å². The van der Waals surface area contributed by atoms with E-state index in [1.807, 2.05) is 60.7 Å². The standard InChI is InChI=1S/C22H24O4S/c1-21(24,15-10-6-4-7-11-15)17-14-18(20(23)26-3)27-19(17)22(2,25)16-12-8-5-9-13-16/h4-14,17,19,24-25H,1-3H3/t17-,19-,21?,22?/m1/s1. The van der Waals surface area contributed by atoms with E-state index in [0.717, 1.165) is 11.1 Å². The summed E-state index contributed by atoms with van der Waals surface area (Å²) in [5.41, 5.74) is -1.07. The Balaban J connectivity index is 2.06. The molecule has 2 N–H and O–H groups in total. The molecule has 2 aromatic carbocycles. The van der Waals surface area contributed by atoms with Crippen LogP contribution in [0.15, 0.2) is 71.6 Å². The SMILES string of the molecule is COC(=O)C1=C[C@@H](C(C)(O)c2ccccc2)[C@H](C(C)(O)c2ccccc2)S1. The van der Waals surface area contributed by atoms with Crippen molar-refractivity contribution in [1.82, 2.24) is 0 Å². The van der Waals surface area contributed by atoms with Gasteiger partial charge in [0.15, 0.2) is 0 Å². The number of methoxy groups -OCH3 is 1. The van der Waals surface area contributed by atoms with Crippen LogP contribution in [0.4, 0.5) is 0 Å². The lowest BCUT2D eigenvalue weighted by molar-refractivity contribution is -0.135. The van der Waals surface area contributed by atoms with E-state index < -0.39 is 28.3 Å². The summed E-state index contributed by atoms with van der Waals surface area (Å²) in [5, 5.41) is 22.4. The fourth-order valence-electron chi connectivity index (χ4n) is 3.55. The van der Waals surface area contributed by atoms with Crippen LogP contribution in [0.3, 0.4) is 0 Å². The van der Waals surface area contributed by atoms with Gasteiger partial charge in [-0.2, -0.15) is 0 Å². The quantitative estimate of drug-likeness (QED) is 0.771. The monoisotopic (exact) mass is 384 g/mol. The number of thioether (sulfide) groups is 1. The molecule has 142 valence electrons. The molecule has 0 radical (unpaired) electrons. The van der Waals surface area contributed by atoms with Crippen LogP contribution in [0, 0.1) is 5.92 Å². The first-order chi connectivity index (χ1) is 12.8. The van der Waals surface area contributed by atoms with E-state index in [9.17, 15) is 15.0 Å². The maximum absolute atomic E-state index is 12.2. The van der Waals surface area contributed by atoms with Gasteiger partial charge in [0.05, 0.1) is 28.5 Å². The Hall–Kier alpha value is -2.08. The molecule has 5 heteroatoms. The van der Waals surface area contributed by atoms with Gasteiger partial charge in [0.25, 0.3) is 0 Å². The third-order valence-corrected chi connectivity index (χ3v) is 6.78. The highest BCUT2D eigenvalue weighted by molar-refractivity contribution is 8.04. The first kappa shape index (κ1) is 19.7. The summed E-state index contributed by atoms with van der Waals surface area (Å²) in [5.74, 6) is -0.950. The Labute approximate surface area is 163 Å². The molecular weight excluding hydrogens is 360 g/mol. The molecule has 1 aliphatic rings. The minimum absolute atomic E-state index is 0.403. The number of rotatable bonds is 5. The van der Waals surface area contributed by atoms with Gasteiger partial charge in [0, 0.05) is 5.92 Å². The van der Waals surface area contributed by atoms with Gasteiger partial charge >= 0.3 is 5.97 Å². The Kier molecular flexibility index (Phi) is 5.47. The largest absolute Gasteiger partial charge is 0.465 e. The molecule has 0 saturated carbocycles. The number of carbonyl (C=O) groups is 1. The van der Waals surface area contributed by atoms with Gasteiger partial charge < -0.3 is 14.9 Å². The predicted octanol–water partition coefficient (Wildman–Crippen LogP) is 3.59. The molecule has 3 rings (SSSR count). The summed E-state index contributed by atoms with van der Waals surface area (Å²) in [4.78, 5) is 12.6. The molecular formula is C22H24O4S. The number of hydrogen-bond donors (Lipinski definition) is 2. The molecule has 1 heterocycles. The second kappa shape index (κ2) is 7.50. The van der Waals surface area contributed by atoms with Crippen molar-refractivity contribution in [2.75, 3.05) is 7.11 Å². The van der Waals surface area contributed by atoms with E-state index in [1.54, 1.807) is 19.9 Å². The minimum atomic E-state index is -1.27. The van der Waals surface area contributed by atoms with Gasteiger partial charge in [0.1, 0.15) is 0 Å². The zero-order chi connectivity index (χ0) is 19.7. The molecule has 0 saturated heterocycles. The fourth-order valence-corrected chi connectivity index (χ4v) is 5.08. The van der Waals surface area contributed by atoms with Crippen LogP contribution >= 0.6 is 11.8 Å². The van der Waals surface area contributed by atoms with Gasteiger partial charge in [-0.15, -0.1) is 11.8 Å². The number of esters is 1. The smallest absolute Gasteiger partial charge is 0.344 e. The maximum atomic E-state index is 12.2. The molecule has 0 fully saturated rings. The van der Waals surface area contributed by atoms with Crippen LogP contribution in [-0.2, 0) is 20.7 Å². The first-order valence-corrected chi connectivity index (χ1v) is 9.69. The Morgan fingerprint density at radius 2 is 1.41 bits per heavy atom. The fraction of sp³-hybridized carbons (Fsp3) is 0.318. The highest BCUT2D eigenvalue weighted by Gasteiger charge is 2.51. The average molecular weight is 384 g/mol. The van der Waals surface area contributed by atoms with E-state index >= 15 is 0 Å². The van der Waals surface area contributed by atoms with Gasteiger partial charge in [-0.3, -0.25) is 0 Å². The van der Waals surface area contributed by atoms with Crippen LogP contribution in [0.2, 0.25) is 0 Å². The van der Waals surface area contributed by atoms with E-state index in [0.29, 0.717) is 4.91 Å². The second-order valence-corrected chi connectivity index (χ2v) is 8.30. The lowest BCUT2D eigenvalue weighted by atomic mass is 9.74. The van der Waals surface area contributed by atoms with E-state index in [4.69, 9.17) is 4.74 Å². The van der Waals surface area contributed by atoms with E-state index in [1.165, 1.54) is 18.9 Å². The number of ether oxygens (including phenoxy) is 1. The van der Waals surface area contributed by atoms with Crippen LogP contribution in [0.25, 0.3) is 0 Å². The summed E-state index contributed by atoms with van der Waals surface area (Å²) >= 11 is 1.25. The van der Waals surface area contributed by atoms with Gasteiger partial charge in [-0.25, -0.2) is 4.79 Å². The molecule has 0 amide bonds. The highest BCUT2D eigenvalue weighted by atomic mass is 32.2. The van der Waals surface area contributed by atoms with Crippen molar-refractivity contribution in [2.24, 2.45) is 5.92 Å². The Morgan fingerprint density at radius 3 is 1.89 bits per heavy atom. The normalized spacial score (nSPS) is 23.8. The van der Waals surface area contributed by atoms with Crippen LogP contribution in [0.1, 0.15) is 25.0 Å². The summed E-state index contributed by atoms with van der Waals surface area (Å²) in [6.45, 7) is 3.44.